The van der Waals surface area contributed by atoms with Gasteiger partial charge in [0.2, 0.25) is 5.91 Å². The molecule has 2 unspecified atom stereocenters. The molecule has 34 heavy (non-hydrogen) atoms. The molecule has 170 valence electrons. The topological polar surface area (TPSA) is 97.0 Å². The second-order valence-corrected chi connectivity index (χ2v) is 9.09. The first-order valence-electron chi connectivity index (χ1n) is 10.9. The molecule has 2 atom stereocenters. The molecule has 1 aliphatic rings. The number of hydrogen-bond acceptors (Lipinski definition) is 5. The monoisotopic (exact) mass is 472 g/mol. The first-order chi connectivity index (χ1) is 16.5. The van der Waals surface area contributed by atoms with Crippen LogP contribution in [0.5, 0.6) is 0 Å². The van der Waals surface area contributed by atoms with E-state index in [1.807, 2.05) is 6.92 Å². The minimum absolute atomic E-state index is 0.154. The Kier molecular flexibility index (Phi) is 6.72. The van der Waals surface area contributed by atoms with Crippen LogP contribution in [0.1, 0.15) is 63.0 Å². The van der Waals surface area contributed by atoms with E-state index in [0.717, 1.165) is 23.8 Å². The van der Waals surface area contributed by atoms with Gasteiger partial charge >= 0.3 is 0 Å². The molecule has 2 heterocycles. The summed E-state index contributed by atoms with van der Waals surface area (Å²) in [5, 5.41) is 21.3. The summed E-state index contributed by atoms with van der Waals surface area (Å²) in [5.74, 6) is -1.96. The van der Waals surface area contributed by atoms with E-state index in [-0.39, 0.29) is 17.4 Å². The number of nitrogens with zero attached hydrogens (tertiary/aromatic N) is 3. The lowest BCUT2D eigenvalue weighted by Gasteiger charge is -2.41. The van der Waals surface area contributed by atoms with Gasteiger partial charge in [-0.15, -0.1) is 11.3 Å². The third kappa shape index (κ3) is 4.28. The van der Waals surface area contributed by atoms with Crippen LogP contribution < -0.4 is 5.32 Å². The zero-order valence-corrected chi connectivity index (χ0v) is 19.2. The van der Waals surface area contributed by atoms with Crippen LogP contribution in [0, 0.1) is 28.5 Å². The predicted molar refractivity (Wildman–Crippen MR) is 127 cm³/mol. The molecule has 0 radical (unpaired) electrons. The average Bonchev–Trinajstić information content (AvgIpc) is 3.33. The lowest BCUT2D eigenvalue weighted by molar-refractivity contribution is -0.119. The van der Waals surface area contributed by atoms with Crippen LogP contribution in [0.15, 0.2) is 54.6 Å². The molecule has 0 bridgehead atoms. The molecular formula is C26H21FN4O2S. The van der Waals surface area contributed by atoms with Crippen LogP contribution in [-0.4, -0.2) is 23.3 Å². The first-order valence-corrected chi connectivity index (χ1v) is 11.7. The summed E-state index contributed by atoms with van der Waals surface area (Å²) in [6.45, 7) is 2.49. The molecule has 8 heteroatoms. The molecular weight excluding hydrogens is 451 g/mol. The standard InChI is InChI=1S/C26H21FN4O2S/c1-2-3-12-31-24(22-11-9-18(15-29)34-22)23(19-6-4-5-7-20(19)26(31)33)25(32)30-17-8-10-21(27)16(13-17)14-28/h4-11,13,23-24H,2-3,12H2,1H3,(H,30,32). The van der Waals surface area contributed by atoms with Gasteiger partial charge in [-0.2, -0.15) is 10.5 Å². The van der Waals surface area contributed by atoms with Crippen molar-refractivity contribution in [2.45, 2.75) is 31.7 Å². The first kappa shape index (κ1) is 23.2. The molecule has 2 amide bonds. The molecule has 3 aromatic rings. The highest BCUT2D eigenvalue weighted by Crippen LogP contribution is 2.45. The van der Waals surface area contributed by atoms with Crippen molar-refractivity contribution in [3.05, 3.63) is 86.9 Å². The van der Waals surface area contributed by atoms with Gasteiger partial charge < -0.3 is 10.2 Å². The summed E-state index contributed by atoms with van der Waals surface area (Å²) in [5.41, 5.74) is 1.18. The van der Waals surface area contributed by atoms with E-state index in [9.17, 15) is 19.2 Å². The highest BCUT2D eigenvalue weighted by Gasteiger charge is 2.44. The van der Waals surface area contributed by atoms with Crippen molar-refractivity contribution in [1.29, 1.82) is 10.5 Å². The Bertz CT molecular complexity index is 1340. The quantitative estimate of drug-likeness (QED) is 0.523. The van der Waals surface area contributed by atoms with Crippen LogP contribution in [0.3, 0.4) is 0 Å². The van der Waals surface area contributed by atoms with Crippen molar-refractivity contribution in [2.75, 3.05) is 11.9 Å². The highest BCUT2D eigenvalue weighted by atomic mass is 32.1. The molecule has 4 rings (SSSR count). The van der Waals surface area contributed by atoms with Crippen LogP contribution in [0.4, 0.5) is 10.1 Å². The fraction of sp³-hybridized carbons (Fsp3) is 0.231. The van der Waals surface area contributed by atoms with Crippen molar-refractivity contribution in [1.82, 2.24) is 4.90 Å². The van der Waals surface area contributed by atoms with Gasteiger partial charge in [0, 0.05) is 22.7 Å². The summed E-state index contributed by atoms with van der Waals surface area (Å²) in [4.78, 5) is 30.2. The number of halogens is 1. The smallest absolute Gasteiger partial charge is 0.254 e. The van der Waals surface area contributed by atoms with E-state index in [2.05, 4.69) is 11.4 Å². The third-order valence-corrected chi connectivity index (χ3v) is 6.92. The molecule has 0 spiro atoms. The summed E-state index contributed by atoms with van der Waals surface area (Å²) in [6, 6.07) is 17.6. The maximum atomic E-state index is 13.8. The minimum atomic E-state index is -0.758. The fourth-order valence-corrected chi connectivity index (χ4v) is 5.20. The predicted octanol–water partition coefficient (Wildman–Crippen LogP) is 5.35. The van der Waals surface area contributed by atoms with E-state index < -0.39 is 17.8 Å². The van der Waals surface area contributed by atoms with E-state index >= 15 is 0 Å². The van der Waals surface area contributed by atoms with Crippen LogP contribution >= 0.6 is 11.3 Å². The molecule has 1 aliphatic heterocycles. The zero-order chi connectivity index (χ0) is 24.2. The van der Waals surface area contributed by atoms with E-state index in [0.29, 0.717) is 28.2 Å². The number of fused-ring (bicyclic) bond motifs is 1. The van der Waals surface area contributed by atoms with Crippen molar-refractivity contribution >= 4 is 28.8 Å². The largest absolute Gasteiger partial charge is 0.330 e. The van der Waals surface area contributed by atoms with Gasteiger partial charge in [-0.25, -0.2) is 4.39 Å². The molecule has 0 saturated heterocycles. The maximum absolute atomic E-state index is 13.8. The number of carbonyl (C=O) groups is 2. The van der Waals surface area contributed by atoms with E-state index in [1.165, 1.54) is 23.5 Å². The number of nitriles is 2. The number of carbonyl (C=O) groups excluding carboxylic acids is 2. The molecule has 1 aromatic heterocycles. The van der Waals surface area contributed by atoms with Crippen molar-refractivity contribution < 1.29 is 14.0 Å². The lowest BCUT2D eigenvalue weighted by Crippen LogP contribution is -2.46. The molecule has 6 nitrogen and oxygen atoms in total. The Morgan fingerprint density at radius 3 is 2.65 bits per heavy atom. The second-order valence-electron chi connectivity index (χ2n) is 7.97. The summed E-state index contributed by atoms with van der Waals surface area (Å²) < 4.78 is 13.8. The number of unbranched alkanes of at least 4 members (excludes halogenated alkanes) is 1. The van der Waals surface area contributed by atoms with Gasteiger partial charge in [-0.3, -0.25) is 9.59 Å². The van der Waals surface area contributed by atoms with E-state index in [1.54, 1.807) is 47.4 Å². The molecule has 2 aromatic carbocycles. The SMILES string of the molecule is CCCCN1C(=O)c2ccccc2C(C(=O)Nc2ccc(F)c(C#N)c2)C1c1ccc(C#N)s1. The maximum Gasteiger partial charge on any atom is 0.254 e. The number of anilines is 1. The van der Waals surface area contributed by atoms with Crippen molar-refractivity contribution in [2.24, 2.45) is 0 Å². The zero-order valence-electron chi connectivity index (χ0n) is 18.4. The Balaban J connectivity index is 1.82. The number of rotatable bonds is 6. The average molecular weight is 473 g/mol. The van der Waals surface area contributed by atoms with E-state index in [4.69, 9.17) is 5.26 Å². The molecule has 0 fully saturated rings. The van der Waals surface area contributed by atoms with Gasteiger partial charge in [-0.05, 0) is 48.4 Å². The lowest BCUT2D eigenvalue weighted by atomic mass is 9.81. The Hall–Kier alpha value is -4.01. The molecule has 1 N–H and O–H groups in total. The van der Waals surface area contributed by atoms with Gasteiger partial charge in [0.15, 0.2) is 0 Å². The summed E-state index contributed by atoms with van der Waals surface area (Å²) in [6.07, 6.45) is 1.63. The number of amides is 2. The second kappa shape index (κ2) is 9.86. The van der Waals surface area contributed by atoms with Gasteiger partial charge in [0.25, 0.3) is 5.91 Å². The molecule has 0 saturated carbocycles. The number of nitrogens with one attached hydrogen (secondary N) is 1. The normalized spacial score (nSPS) is 16.9. The highest BCUT2D eigenvalue weighted by molar-refractivity contribution is 7.12. The van der Waals surface area contributed by atoms with Crippen molar-refractivity contribution in [3.8, 4) is 12.1 Å². The van der Waals surface area contributed by atoms with Gasteiger partial charge in [-0.1, -0.05) is 31.5 Å². The number of benzene rings is 2. The third-order valence-electron chi connectivity index (χ3n) is 5.86. The van der Waals surface area contributed by atoms with Crippen molar-refractivity contribution in [3.63, 3.8) is 0 Å². The summed E-state index contributed by atoms with van der Waals surface area (Å²) >= 11 is 1.26. The minimum Gasteiger partial charge on any atom is -0.330 e. The van der Waals surface area contributed by atoms with Gasteiger partial charge in [0.05, 0.1) is 17.5 Å². The fourth-order valence-electron chi connectivity index (χ4n) is 4.25. The Labute approximate surface area is 200 Å². The number of thiophene rings is 1. The molecule has 0 aliphatic carbocycles. The summed E-state index contributed by atoms with van der Waals surface area (Å²) in [7, 11) is 0. The Morgan fingerprint density at radius 1 is 1.15 bits per heavy atom. The Morgan fingerprint density at radius 2 is 1.94 bits per heavy atom. The van der Waals surface area contributed by atoms with Crippen LogP contribution in [-0.2, 0) is 4.79 Å². The number of hydrogen-bond donors (Lipinski definition) is 1. The van der Waals surface area contributed by atoms with Crippen LogP contribution in [0.2, 0.25) is 0 Å². The van der Waals surface area contributed by atoms with Gasteiger partial charge in [0.1, 0.15) is 22.8 Å². The van der Waals surface area contributed by atoms with Crippen LogP contribution in [0.25, 0.3) is 0 Å².